The largest absolute Gasteiger partial charge is 0.381 e. The lowest BCUT2D eigenvalue weighted by molar-refractivity contribution is -0.122. The van der Waals surface area contributed by atoms with Crippen molar-refractivity contribution in [2.45, 2.75) is 38.4 Å². The molecule has 1 unspecified atom stereocenters. The van der Waals surface area contributed by atoms with Gasteiger partial charge in [-0.15, -0.1) is 0 Å². The maximum absolute atomic E-state index is 13.2. The van der Waals surface area contributed by atoms with Crippen molar-refractivity contribution in [1.82, 2.24) is 25.2 Å². The van der Waals surface area contributed by atoms with Gasteiger partial charge in [0.2, 0.25) is 11.9 Å². The lowest BCUT2D eigenvalue weighted by atomic mass is 10.0. The van der Waals surface area contributed by atoms with Crippen molar-refractivity contribution in [1.29, 1.82) is 0 Å². The minimum absolute atomic E-state index is 0.0476. The molecule has 2 aliphatic rings. The second-order valence-electron chi connectivity index (χ2n) is 10.1. The van der Waals surface area contributed by atoms with Gasteiger partial charge in [0.25, 0.3) is 5.91 Å². The molecule has 3 aromatic rings. The standard InChI is InChI=1S/C28H32ClN7O3/c1-17(23-5-4-6-24(33-23)35(2)3)31-25(37)16-36-15-19-8-7-18(13-21(19)27(36)38)26-22(29)14-30-28(34-26)32-20-9-11-39-12-10-20/h4-8,13-14,17,20H,9-12,15-16H2,1-3H3,(H,31,37)(H,30,32,34). The second-order valence-corrected chi connectivity index (χ2v) is 10.5. The predicted octanol–water partition coefficient (Wildman–Crippen LogP) is 3.68. The molecule has 2 amide bonds. The van der Waals surface area contributed by atoms with Crippen molar-refractivity contribution in [2.75, 3.05) is 44.1 Å². The van der Waals surface area contributed by atoms with E-state index in [1.54, 1.807) is 17.2 Å². The normalized spacial score (nSPS) is 16.1. The summed E-state index contributed by atoms with van der Waals surface area (Å²) in [4.78, 5) is 43.1. The van der Waals surface area contributed by atoms with Crippen LogP contribution >= 0.6 is 11.6 Å². The fraction of sp³-hybridized carbons (Fsp3) is 0.393. The molecule has 0 aliphatic carbocycles. The Bertz CT molecular complexity index is 1380. The third-order valence-electron chi connectivity index (χ3n) is 6.93. The third kappa shape index (κ3) is 6.12. The van der Waals surface area contributed by atoms with Crippen molar-refractivity contribution < 1.29 is 14.3 Å². The molecule has 1 aromatic carbocycles. The van der Waals surface area contributed by atoms with Crippen molar-refractivity contribution in [2.24, 2.45) is 0 Å². The Balaban J connectivity index is 1.26. The van der Waals surface area contributed by atoms with Crippen molar-refractivity contribution in [3.63, 3.8) is 0 Å². The molecule has 0 bridgehead atoms. The third-order valence-corrected chi connectivity index (χ3v) is 7.21. The smallest absolute Gasteiger partial charge is 0.254 e. The van der Waals surface area contributed by atoms with Gasteiger partial charge in [-0.25, -0.2) is 15.0 Å². The predicted molar refractivity (Wildman–Crippen MR) is 150 cm³/mol. The zero-order valence-corrected chi connectivity index (χ0v) is 23.0. The van der Waals surface area contributed by atoms with E-state index >= 15 is 0 Å². The number of nitrogens with zero attached hydrogens (tertiary/aromatic N) is 5. The van der Waals surface area contributed by atoms with E-state index in [1.165, 1.54) is 0 Å². The number of benzene rings is 1. The van der Waals surface area contributed by atoms with E-state index in [1.807, 2.05) is 56.3 Å². The Morgan fingerprint density at radius 1 is 1.21 bits per heavy atom. The van der Waals surface area contributed by atoms with Gasteiger partial charge in [-0.05, 0) is 43.5 Å². The van der Waals surface area contributed by atoms with E-state index in [-0.39, 0.29) is 30.4 Å². The van der Waals surface area contributed by atoms with E-state index in [4.69, 9.17) is 16.3 Å². The van der Waals surface area contributed by atoms with E-state index in [0.717, 1.165) is 35.5 Å². The maximum Gasteiger partial charge on any atom is 0.254 e. The van der Waals surface area contributed by atoms with Crippen molar-refractivity contribution >= 4 is 35.2 Å². The average Bonchev–Trinajstić information content (AvgIpc) is 3.24. The Hall–Kier alpha value is -3.76. The molecule has 5 rings (SSSR count). The van der Waals surface area contributed by atoms with Crippen LogP contribution in [0.3, 0.4) is 0 Å². The summed E-state index contributed by atoms with van der Waals surface area (Å²) >= 11 is 6.46. The number of carbonyl (C=O) groups excluding carboxylic acids is 2. The van der Waals surface area contributed by atoms with Gasteiger partial charge in [-0.2, -0.15) is 0 Å². The molecule has 1 saturated heterocycles. The zero-order valence-electron chi connectivity index (χ0n) is 22.3. The first-order valence-electron chi connectivity index (χ1n) is 13.0. The Morgan fingerprint density at radius 2 is 2.00 bits per heavy atom. The highest BCUT2D eigenvalue weighted by Crippen LogP contribution is 2.31. The summed E-state index contributed by atoms with van der Waals surface area (Å²) in [6.07, 6.45) is 3.34. The number of hydrogen-bond donors (Lipinski definition) is 2. The van der Waals surface area contributed by atoms with Crippen molar-refractivity contribution in [3.8, 4) is 11.3 Å². The Labute approximate surface area is 232 Å². The van der Waals surface area contributed by atoms with Crippen LogP contribution in [0.15, 0.2) is 42.6 Å². The Kier molecular flexibility index (Phi) is 7.94. The van der Waals surface area contributed by atoms with Crippen LogP contribution in [0.2, 0.25) is 5.02 Å². The van der Waals surface area contributed by atoms with E-state index < -0.39 is 0 Å². The summed E-state index contributed by atoms with van der Waals surface area (Å²) in [5, 5.41) is 6.71. The summed E-state index contributed by atoms with van der Waals surface area (Å²) in [5.41, 5.74) is 3.42. The minimum atomic E-state index is -0.298. The monoisotopic (exact) mass is 549 g/mol. The molecule has 0 radical (unpaired) electrons. The summed E-state index contributed by atoms with van der Waals surface area (Å²) in [6.45, 7) is 3.60. The van der Waals surface area contributed by atoms with Crippen LogP contribution in [0, 0.1) is 0 Å². The van der Waals surface area contributed by atoms with Gasteiger partial charge in [0, 0.05) is 51.0 Å². The molecule has 2 N–H and O–H groups in total. The summed E-state index contributed by atoms with van der Waals surface area (Å²) < 4.78 is 5.42. The summed E-state index contributed by atoms with van der Waals surface area (Å²) in [7, 11) is 3.83. The number of anilines is 2. The number of ether oxygens (including phenoxy) is 1. The average molecular weight is 550 g/mol. The van der Waals surface area contributed by atoms with E-state index in [9.17, 15) is 9.59 Å². The SMILES string of the molecule is CC(NC(=O)CN1Cc2ccc(-c3nc(NC4CCOCC4)ncc3Cl)cc2C1=O)c1cccc(N(C)C)n1. The van der Waals surface area contributed by atoms with Crippen LogP contribution in [0.1, 0.15) is 47.4 Å². The number of hydrogen-bond acceptors (Lipinski definition) is 8. The molecule has 2 aliphatic heterocycles. The number of fused-ring (bicyclic) bond motifs is 1. The molecule has 39 heavy (non-hydrogen) atoms. The minimum Gasteiger partial charge on any atom is -0.381 e. The van der Waals surface area contributed by atoms with Crippen LogP contribution in [0.5, 0.6) is 0 Å². The first kappa shape index (κ1) is 26.8. The van der Waals surface area contributed by atoms with Crippen LogP contribution in [0.25, 0.3) is 11.3 Å². The number of rotatable bonds is 8. The topological polar surface area (TPSA) is 113 Å². The summed E-state index contributed by atoms with van der Waals surface area (Å²) in [5.74, 6) is 0.854. The highest BCUT2D eigenvalue weighted by molar-refractivity contribution is 6.33. The first-order chi connectivity index (χ1) is 18.8. The van der Waals surface area contributed by atoms with Crippen LogP contribution < -0.4 is 15.5 Å². The van der Waals surface area contributed by atoms with E-state index in [2.05, 4.69) is 25.6 Å². The van der Waals surface area contributed by atoms with Crippen LogP contribution in [-0.4, -0.2) is 71.6 Å². The van der Waals surface area contributed by atoms with Crippen LogP contribution in [-0.2, 0) is 16.1 Å². The molecule has 204 valence electrons. The molecule has 4 heterocycles. The van der Waals surface area contributed by atoms with E-state index in [0.29, 0.717) is 42.0 Å². The maximum atomic E-state index is 13.2. The summed E-state index contributed by atoms with van der Waals surface area (Å²) in [6, 6.07) is 11.2. The number of amides is 2. The number of carbonyl (C=O) groups is 2. The molecule has 1 fully saturated rings. The molecule has 2 aromatic heterocycles. The van der Waals surface area contributed by atoms with Gasteiger partial charge in [0.15, 0.2) is 0 Å². The fourth-order valence-corrected chi connectivity index (χ4v) is 4.96. The van der Waals surface area contributed by atoms with Gasteiger partial charge in [0.1, 0.15) is 12.4 Å². The number of pyridine rings is 1. The van der Waals surface area contributed by atoms with Gasteiger partial charge >= 0.3 is 0 Å². The van der Waals surface area contributed by atoms with Gasteiger partial charge < -0.3 is 25.2 Å². The molecule has 10 nitrogen and oxygen atoms in total. The quantitative estimate of drug-likeness (QED) is 0.437. The first-order valence-corrected chi connectivity index (χ1v) is 13.4. The van der Waals surface area contributed by atoms with Gasteiger partial charge in [0.05, 0.1) is 28.6 Å². The molecule has 0 saturated carbocycles. The lowest BCUT2D eigenvalue weighted by Gasteiger charge is -2.23. The van der Waals surface area contributed by atoms with Gasteiger partial charge in [-0.1, -0.05) is 29.8 Å². The molecule has 1 atom stereocenters. The Morgan fingerprint density at radius 3 is 2.77 bits per heavy atom. The lowest BCUT2D eigenvalue weighted by Crippen LogP contribution is -2.38. The molecular weight excluding hydrogens is 518 g/mol. The highest BCUT2D eigenvalue weighted by atomic mass is 35.5. The molecular formula is C28H32ClN7O3. The number of aromatic nitrogens is 3. The van der Waals surface area contributed by atoms with Gasteiger partial charge in [-0.3, -0.25) is 9.59 Å². The molecule has 0 spiro atoms. The zero-order chi connectivity index (χ0) is 27.5. The highest BCUT2D eigenvalue weighted by Gasteiger charge is 2.30. The fourth-order valence-electron chi connectivity index (χ4n) is 4.76. The van der Waals surface area contributed by atoms with Crippen LogP contribution in [0.4, 0.5) is 11.8 Å². The second kappa shape index (κ2) is 11.5. The number of nitrogens with one attached hydrogen (secondary N) is 2. The molecule has 11 heteroatoms. The van der Waals surface area contributed by atoms with Crippen molar-refractivity contribution in [3.05, 3.63) is 64.4 Å². The number of halogens is 1.